The SMILES string of the molecule is CCOc1cc2c(cc1CNC(=NC)NCC(C)SC)OC(C)C2.I. The van der Waals surface area contributed by atoms with E-state index in [1.54, 1.807) is 7.05 Å². The van der Waals surface area contributed by atoms with Crippen LogP contribution in [0.4, 0.5) is 0 Å². The van der Waals surface area contributed by atoms with Crippen LogP contribution >= 0.6 is 35.7 Å². The van der Waals surface area contributed by atoms with Gasteiger partial charge in [0.15, 0.2) is 5.96 Å². The molecule has 0 spiro atoms. The van der Waals surface area contributed by atoms with E-state index in [4.69, 9.17) is 9.47 Å². The molecule has 142 valence electrons. The van der Waals surface area contributed by atoms with Crippen LogP contribution in [0.5, 0.6) is 11.5 Å². The van der Waals surface area contributed by atoms with Crippen molar-refractivity contribution in [2.24, 2.45) is 4.99 Å². The second kappa shape index (κ2) is 11.0. The molecular weight excluding hydrogens is 449 g/mol. The summed E-state index contributed by atoms with van der Waals surface area (Å²) in [5.41, 5.74) is 2.32. The van der Waals surface area contributed by atoms with Crippen LogP contribution in [0.2, 0.25) is 0 Å². The van der Waals surface area contributed by atoms with Crippen LogP contribution in [0.1, 0.15) is 31.9 Å². The van der Waals surface area contributed by atoms with E-state index in [-0.39, 0.29) is 30.1 Å². The summed E-state index contributed by atoms with van der Waals surface area (Å²) in [7, 11) is 1.79. The van der Waals surface area contributed by atoms with E-state index in [2.05, 4.69) is 47.9 Å². The van der Waals surface area contributed by atoms with Crippen molar-refractivity contribution in [1.82, 2.24) is 10.6 Å². The standard InChI is InChI=1S/C18H29N3O2S.HI/c1-6-22-16-8-14-7-12(2)23-17(14)9-15(16)11-21-18(19-4)20-10-13(3)24-5;/h8-9,12-13H,6-7,10-11H2,1-5H3,(H2,19,20,21);1H. The molecule has 0 saturated heterocycles. The van der Waals surface area contributed by atoms with Crippen LogP contribution in [0, 0.1) is 0 Å². The molecule has 0 radical (unpaired) electrons. The molecule has 2 rings (SSSR count). The average Bonchev–Trinajstić information content (AvgIpc) is 2.93. The lowest BCUT2D eigenvalue weighted by Gasteiger charge is -2.17. The highest BCUT2D eigenvalue weighted by Gasteiger charge is 2.21. The number of aliphatic imine (C=N–C) groups is 1. The molecule has 0 aliphatic carbocycles. The van der Waals surface area contributed by atoms with Crippen molar-refractivity contribution in [3.8, 4) is 11.5 Å². The van der Waals surface area contributed by atoms with Gasteiger partial charge in [0.2, 0.25) is 0 Å². The number of benzene rings is 1. The van der Waals surface area contributed by atoms with Gasteiger partial charge in [-0.25, -0.2) is 0 Å². The minimum absolute atomic E-state index is 0. The maximum absolute atomic E-state index is 5.88. The second-order valence-corrected chi connectivity index (χ2v) is 7.26. The molecule has 0 amide bonds. The van der Waals surface area contributed by atoms with Crippen molar-refractivity contribution >= 4 is 41.7 Å². The Hall–Kier alpha value is -0.830. The molecule has 0 saturated carbocycles. The molecule has 1 aromatic carbocycles. The van der Waals surface area contributed by atoms with E-state index >= 15 is 0 Å². The smallest absolute Gasteiger partial charge is 0.191 e. The quantitative estimate of drug-likeness (QED) is 0.357. The maximum Gasteiger partial charge on any atom is 0.191 e. The predicted octanol–water partition coefficient (Wildman–Crippen LogP) is 3.44. The first-order chi connectivity index (χ1) is 11.6. The average molecular weight is 479 g/mol. The number of hydrogen-bond donors (Lipinski definition) is 2. The summed E-state index contributed by atoms with van der Waals surface area (Å²) in [4.78, 5) is 4.28. The van der Waals surface area contributed by atoms with Gasteiger partial charge in [0, 0.05) is 42.9 Å². The Kier molecular flexibility index (Phi) is 9.78. The zero-order valence-corrected chi connectivity index (χ0v) is 18.9. The Labute approximate surface area is 172 Å². The largest absolute Gasteiger partial charge is 0.494 e. The molecule has 0 bridgehead atoms. The summed E-state index contributed by atoms with van der Waals surface area (Å²) < 4.78 is 11.7. The number of hydrogen-bond acceptors (Lipinski definition) is 4. The van der Waals surface area contributed by atoms with Gasteiger partial charge < -0.3 is 20.1 Å². The molecule has 7 heteroatoms. The summed E-state index contributed by atoms with van der Waals surface area (Å²) >= 11 is 1.83. The fourth-order valence-electron chi connectivity index (χ4n) is 2.63. The lowest BCUT2D eigenvalue weighted by Crippen LogP contribution is -2.39. The molecule has 1 aliphatic heterocycles. The number of thioether (sulfide) groups is 1. The number of rotatable bonds is 7. The van der Waals surface area contributed by atoms with Gasteiger partial charge >= 0.3 is 0 Å². The molecule has 5 nitrogen and oxygen atoms in total. The van der Waals surface area contributed by atoms with Crippen molar-refractivity contribution in [1.29, 1.82) is 0 Å². The van der Waals surface area contributed by atoms with E-state index in [0.717, 1.165) is 36.0 Å². The van der Waals surface area contributed by atoms with E-state index in [0.29, 0.717) is 18.4 Å². The van der Waals surface area contributed by atoms with E-state index < -0.39 is 0 Å². The predicted molar refractivity (Wildman–Crippen MR) is 118 cm³/mol. The van der Waals surface area contributed by atoms with E-state index in [9.17, 15) is 0 Å². The molecule has 1 aliphatic rings. The minimum atomic E-state index is 0. The molecule has 2 atom stereocenters. The topological polar surface area (TPSA) is 54.9 Å². The Bertz CT molecular complexity index is 584. The molecule has 25 heavy (non-hydrogen) atoms. The Morgan fingerprint density at radius 2 is 2.20 bits per heavy atom. The maximum atomic E-state index is 5.88. The van der Waals surface area contributed by atoms with Crippen molar-refractivity contribution < 1.29 is 9.47 Å². The van der Waals surface area contributed by atoms with Gasteiger partial charge in [0.25, 0.3) is 0 Å². The van der Waals surface area contributed by atoms with Crippen LogP contribution in [0.25, 0.3) is 0 Å². The van der Waals surface area contributed by atoms with Crippen LogP contribution in [-0.2, 0) is 13.0 Å². The zero-order chi connectivity index (χ0) is 17.5. The summed E-state index contributed by atoms with van der Waals surface area (Å²) in [6.07, 6.45) is 3.29. The van der Waals surface area contributed by atoms with Crippen LogP contribution in [0.3, 0.4) is 0 Å². The normalized spacial score (nSPS) is 17.2. The highest BCUT2D eigenvalue weighted by Crippen LogP contribution is 2.35. The molecule has 0 aromatic heterocycles. The Morgan fingerprint density at radius 3 is 2.84 bits per heavy atom. The first kappa shape index (κ1) is 22.2. The molecule has 1 heterocycles. The number of nitrogens with zero attached hydrogens (tertiary/aromatic N) is 1. The van der Waals surface area contributed by atoms with Gasteiger partial charge in [-0.1, -0.05) is 6.92 Å². The number of fused-ring (bicyclic) bond motifs is 1. The lowest BCUT2D eigenvalue weighted by atomic mass is 10.1. The van der Waals surface area contributed by atoms with Gasteiger partial charge in [-0.3, -0.25) is 4.99 Å². The third-order valence-corrected chi connectivity index (χ3v) is 4.98. The molecule has 2 unspecified atom stereocenters. The van der Waals surface area contributed by atoms with Gasteiger partial charge in [-0.15, -0.1) is 24.0 Å². The van der Waals surface area contributed by atoms with Crippen molar-refractivity contribution in [2.45, 2.75) is 45.1 Å². The highest BCUT2D eigenvalue weighted by atomic mass is 127. The fraction of sp³-hybridized carbons (Fsp3) is 0.611. The van der Waals surface area contributed by atoms with Crippen LogP contribution < -0.4 is 20.1 Å². The van der Waals surface area contributed by atoms with Crippen LogP contribution in [0.15, 0.2) is 17.1 Å². The number of ether oxygens (including phenoxy) is 2. The highest BCUT2D eigenvalue weighted by molar-refractivity contribution is 14.0. The van der Waals surface area contributed by atoms with Crippen LogP contribution in [-0.4, -0.2) is 43.8 Å². The molecule has 2 N–H and O–H groups in total. The third kappa shape index (κ3) is 6.44. The number of nitrogens with one attached hydrogen (secondary N) is 2. The first-order valence-electron chi connectivity index (χ1n) is 8.49. The van der Waals surface area contributed by atoms with E-state index in [1.807, 2.05) is 18.7 Å². The summed E-state index contributed by atoms with van der Waals surface area (Å²) in [6, 6.07) is 4.21. The van der Waals surface area contributed by atoms with Gasteiger partial charge in [0.1, 0.15) is 17.6 Å². The van der Waals surface area contributed by atoms with Crippen molar-refractivity contribution in [3.05, 3.63) is 23.3 Å². The van der Waals surface area contributed by atoms with Crippen molar-refractivity contribution in [3.63, 3.8) is 0 Å². The number of halogens is 1. The van der Waals surface area contributed by atoms with Gasteiger partial charge in [0.05, 0.1) is 6.61 Å². The monoisotopic (exact) mass is 479 g/mol. The first-order valence-corrected chi connectivity index (χ1v) is 9.78. The minimum Gasteiger partial charge on any atom is -0.494 e. The summed E-state index contributed by atoms with van der Waals surface area (Å²) in [5, 5.41) is 7.25. The summed E-state index contributed by atoms with van der Waals surface area (Å²) in [6.45, 7) is 8.47. The summed E-state index contributed by atoms with van der Waals surface area (Å²) in [5.74, 6) is 2.70. The second-order valence-electron chi connectivity index (χ2n) is 5.99. The lowest BCUT2D eigenvalue weighted by molar-refractivity contribution is 0.254. The Morgan fingerprint density at radius 1 is 1.44 bits per heavy atom. The molecule has 0 fully saturated rings. The van der Waals surface area contributed by atoms with E-state index in [1.165, 1.54) is 5.56 Å². The third-order valence-electron chi connectivity index (χ3n) is 4.01. The van der Waals surface area contributed by atoms with Gasteiger partial charge in [-0.2, -0.15) is 11.8 Å². The molecule has 1 aromatic rings. The fourth-order valence-corrected chi connectivity index (χ4v) is 2.88. The zero-order valence-electron chi connectivity index (χ0n) is 15.7. The molecular formula is C18H30IN3O2S. The van der Waals surface area contributed by atoms with Crippen molar-refractivity contribution in [2.75, 3.05) is 26.5 Å². The van der Waals surface area contributed by atoms with Gasteiger partial charge in [-0.05, 0) is 32.2 Å². The Balaban J connectivity index is 0.00000312. The number of guanidine groups is 1.